The molecule has 0 spiro atoms. The first-order chi connectivity index (χ1) is 5.27. The summed E-state index contributed by atoms with van der Waals surface area (Å²) in [7, 11) is 1.50. The summed E-state index contributed by atoms with van der Waals surface area (Å²) in [5, 5.41) is 8.97. The van der Waals surface area contributed by atoms with Crippen LogP contribution in [0.4, 0.5) is 5.69 Å². The van der Waals surface area contributed by atoms with Crippen LogP contribution in [-0.4, -0.2) is 7.11 Å². The zero-order chi connectivity index (χ0) is 8.27. The summed E-state index contributed by atoms with van der Waals surface area (Å²) < 4.78 is 4.88. The van der Waals surface area contributed by atoms with Crippen molar-refractivity contribution in [1.82, 2.24) is 0 Å². The molecule has 0 amide bonds. The average molecular weight is 206 g/mol. The van der Waals surface area contributed by atoms with Gasteiger partial charge in [-0.3, -0.25) is 0 Å². The topological polar surface area (TPSA) is 37.4 Å². The molecule has 1 aromatic carbocycles. The molecule has 0 aromatic heterocycles. The van der Waals surface area contributed by atoms with E-state index in [0.717, 1.165) is 0 Å². The van der Waals surface area contributed by atoms with Crippen LogP contribution in [0.15, 0.2) is 18.2 Å². The van der Waals surface area contributed by atoms with E-state index in [-0.39, 0.29) is 12.4 Å². The van der Waals surface area contributed by atoms with E-state index >= 15 is 0 Å². The molecule has 0 N–H and O–H groups in total. The van der Waals surface area contributed by atoms with E-state index in [9.17, 15) is 0 Å². The van der Waals surface area contributed by atoms with Crippen LogP contribution in [0.1, 0.15) is 0 Å². The number of diazo groups is 1. The Morgan fingerprint density at radius 3 is 2.67 bits per heavy atom. The minimum Gasteiger partial charge on any atom is -0.489 e. The van der Waals surface area contributed by atoms with Gasteiger partial charge in [-0.1, -0.05) is 11.6 Å². The maximum absolute atomic E-state index is 8.46. The minimum atomic E-state index is 0. The molecule has 0 radical (unpaired) electrons. The molecule has 3 nitrogen and oxygen atoms in total. The van der Waals surface area contributed by atoms with Crippen LogP contribution in [0.25, 0.3) is 4.98 Å². The molecule has 1 aromatic rings. The SMILES string of the molecule is COc1ccc(Cl)cc1[N+]#N.Cl. The van der Waals surface area contributed by atoms with Crippen molar-refractivity contribution in [3.8, 4) is 5.75 Å². The van der Waals surface area contributed by atoms with Crippen molar-refractivity contribution in [2.75, 3.05) is 7.11 Å². The molecule has 1 rings (SSSR count). The van der Waals surface area contributed by atoms with Crippen LogP contribution in [0, 0.1) is 5.39 Å². The molecule has 0 saturated carbocycles. The van der Waals surface area contributed by atoms with Gasteiger partial charge in [0.15, 0.2) is 4.98 Å². The van der Waals surface area contributed by atoms with Crippen molar-refractivity contribution in [1.29, 1.82) is 5.39 Å². The summed E-state index contributed by atoms with van der Waals surface area (Å²) in [5.74, 6) is 0.497. The Balaban J connectivity index is 0.00000121. The molecule has 0 atom stereocenters. The summed E-state index contributed by atoms with van der Waals surface area (Å²) in [5.41, 5.74) is 0.333. The quantitative estimate of drug-likeness (QED) is 0.661. The lowest BCUT2D eigenvalue weighted by atomic mass is 10.3. The van der Waals surface area contributed by atoms with E-state index in [1.54, 1.807) is 12.1 Å². The molecule has 0 aliphatic rings. The second-order valence-corrected chi connectivity index (χ2v) is 2.35. The van der Waals surface area contributed by atoms with E-state index in [1.165, 1.54) is 13.2 Å². The molecule has 0 saturated heterocycles. The van der Waals surface area contributed by atoms with Gasteiger partial charge in [-0.2, -0.15) is 0 Å². The van der Waals surface area contributed by atoms with Crippen LogP contribution < -0.4 is 4.74 Å². The number of nitrogens with zero attached hydrogens (tertiary/aromatic N) is 2. The Morgan fingerprint density at radius 1 is 1.50 bits per heavy atom. The van der Waals surface area contributed by atoms with Crippen molar-refractivity contribution in [2.45, 2.75) is 0 Å². The standard InChI is InChI=1S/C7H6ClN2O.ClH/c1-11-7-3-2-5(8)4-6(7)10-9;/h2-4H,1H3;1H/q+1;. The van der Waals surface area contributed by atoms with Gasteiger partial charge in [0.1, 0.15) is 0 Å². The number of hydrogen-bond donors (Lipinski definition) is 0. The Kier molecular flexibility index (Phi) is 4.42. The highest BCUT2D eigenvalue weighted by Crippen LogP contribution is 2.29. The fourth-order valence-electron chi connectivity index (χ4n) is 0.741. The van der Waals surface area contributed by atoms with Crippen molar-refractivity contribution >= 4 is 29.7 Å². The lowest BCUT2D eigenvalue weighted by Crippen LogP contribution is -1.81. The Bertz CT molecular complexity index is 309. The van der Waals surface area contributed by atoms with E-state index in [4.69, 9.17) is 21.7 Å². The molecule has 0 heterocycles. The van der Waals surface area contributed by atoms with E-state index in [2.05, 4.69) is 4.98 Å². The molecular formula is C7H7Cl2N2O+. The van der Waals surface area contributed by atoms with Crippen LogP contribution in [0.5, 0.6) is 5.75 Å². The molecular weight excluding hydrogens is 199 g/mol. The Labute approximate surface area is 81.3 Å². The van der Waals surface area contributed by atoms with Crippen LogP contribution in [0.2, 0.25) is 5.02 Å². The summed E-state index contributed by atoms with van der Waals surface area (Å²) >= 11 is 5.63. The van der Waals surface area contributed by atoms with Gasteiger partial charge < -0.3 is 4.74 Å². The lowest BCUT2D eigenvalue weighted by Gasteiger charge is -1.93. The van der Waals surface area contributed by atoms with Gasteiger partial charge in [0, 0.05) is 5.02 Å². The number of halogens is 2. The number of ether oxygens (including phenoxy) is 1. The summed E-state index contributed by atoms with van der Waals surface area (Å²) in [6.45, 7) is 0. The van der Waals surface area contributed by atoms with Gasteiger partial charge in [-0.05, 0) is 12.1 Å². The van der Waals surface area contributed by atoms with Crippen LogP contribution >= 0.6 is 24.0 Å². The smallest absolute Gasteiger partial charge is 0.427 e. The van der Waals surface area contributed by atoms with E-state index < -0.39 is 0 Å². The summed E-state index contributed by atoms with van der Waals surface area (Å²) in [6, 6.07) is 4.81. The lowest BCUT2D eigenvalue weighted by molar-refractivity contribution is 0.417. The predicted molar refractivity (Wildman–Crippen MR) is 50.0 cm³/mol. The van der Waals surface area contributed by atoms with E-state index in [0.29, 0.717) is 16.5 Å². The molecule has 0 bridgehead atoms. The second-order valence-electron chi connectivity index (χ2n) is 1.92. The van der Waals surface area contributed by atoms with Crippen molar-refractivity contribution in [3.63, 3.8) is 0 Å². The zero-order valence-corrected chi connectivity index (χ0v) is 7.89. The number of benzene rings is 1. The first-order valence-corrected chi connectivity index (χ1v) is 3.34. The van der Waals surface area contributed by atoms with Crippen molar-refractivity contribution in [3.05, 3.63) is 28.2 Å². The molecule has 0 fully saturated rings. The molecule has 64 valence electrons. The Morgan fingerprint density at radius 2 is 2.17 bits per heavy atom. The summed E-state index contributed by atoms with van der Waals surface area (Å²) in [4.78, 5) is 2.99. The number of hydrogen-bond acceptors (Lipinski definition) is 2. The molecule has 0 aliphatic heterocycles. The molecule has 12 heavy (non-hydrogen) atoms. The van der Waals surface area contributed by atoms with Crippen molar-refractivity contribution < 1.29 is 4.74 Å². The van der Waals surface area contributed by atoms with Gasteiger partial charge in [-0.25, -0.2) is 0 Å². The van der Waals surface area contributed by atoms with Gasteiger partial charge in [0.2, 0.25) is 11.1 Å². The normalized spacial score (nSPS) is 8.08. The van der Waals surface area contributed by atoms with Crippen LogP contribution in [-0.2, 0) is 0 Å². The average Bonchev–Trinajstić information content (AvgIpc) is 2.04. The Hall–Kier alpha value is -0.980. The number of methoxy groups -OCH3 is 1. The fourth-order valence-corrected chi connectivity index (χ4v) is 0.908. The molecule has 0 aliphatic carbocycles. The third-order valence-electron chi connectivity index (χ3n) is 1.25. The first-order valence-electron chi connectivity index (χ1n) is 2.96. The highest BCUT2D eigenvalue weighted by molar-refractivity contribution is 6.30. The van der Waals surface area contributed by atoms with Gasteiger partial charge in [-0.15, -0.1) is 12.4 Å². The third kappa shape index (κ3) is 2.26. The predicted octanol–water partition coefficient (Wildman–Crippen LogP) is 3.25. The van der Waals surface area contributed by atoms with Crippen LogP contribution in [0.3, 0.4) is 0 Å². The highest BCUT2D eigenvalue weighted by Gasteiger charge is 2.13. The van der Waals surface area contributed by atoms with Gasteiger partial charge in [0.05, 0.1) is 13.2 Å². The van der Waals surface area contributed by atoms with Gasteiger partial charge >= 0.3 is 5.69 Å². The fraction of sp³-hybridized carbons (Fsp3) is 0.143. The monoisotopic (exact) mass is 205 g/mol. The van der Waals surface area contributed by atoms with Crippen molar-refractivity contribution in [2.24, 2.45) is 0 Å². The minimum absolute atomic E-state index is 0. The van der Waals surface area contributed by atoms with E-state index in [1.807, 2.05) is 0 Å². The first kappa shape index (κ1) is 11.0. The largest absolute Gasteiger partial charge is 0.489 e. The molecule has 5 heteroatoms. The highest BCUT2D eigenvalue weighted by atomic mass is 35.5. The maximum atomic E-state index is 8.46. The number of rotatable bonds is 1. The third-order valence-corrected chi connectivity index (χ3v) is 1.48. The maximum Gasteiger partial charge on any atom is 0.427 e. The van der Waals surface area contributed by atoms with Gasteiger partial charge in [0.25, 0.3) is 0 Å². The molecule has 0 unspecified atom stereocenters. The zero-order valence-electron chi connectivity index (χ0n) is 6.32. The second kappa shape index (κ2) is 4.81. The summed E-state index contributed by atoms with van der Waals surface area (Å²) in [6.07, 6.45) is 0.